The molecule has 2 aliphatic rings. The fourth-order valence-electron chi connectivity index (χ4n) is 3.94. The van der Waals surface area contributed by atoms with Crippen molar-refractivity contribution >= 4 is 11.6 Å². The molecule has 1 amide bonds. The van der Waals surface area contributed by atoms with Crippen LogP contribution >= 0.6 is 0 Å². The van der Waals surface area contributed by atoms with Crippen LogP contribution in [0.15, 0.2) is 18.2 Å². The highest BCUT2D eigenvalue weighted by Gasteiger charge is 2.39. The van der Waals surface area contributed by atoms with Crippen molar-refractivity contribution < 1.29 is 9.18 Å². The Balaban J connectivity index is 1.93. The molecular weight excluding hydrogens is 281 g/mol. The lowest BCUT2D eigenvalue weighted by atomic mass is 10.0. The summed E-state index contributed by atoms with van der Waals surface area (Å²) < 4.78 is 13.9. The van der Waals surface area contributed by atoms with Gasteiger partial charge in [-0.15, -0.1) is 0 Å². The summed E-state index contributed by atoms with van der Waals surface area (Å²) in [4.78, 5) is 15.9. The molecule has 0 radical (unpaired) electrons. The molecule has 1 aromatic rings. The third-order valence-electron chi connectivity index (χ3n) is 4.86. The maximum Gasteiger partial charge on any atom is 0.219 e. The van der Waals surface area contributed by atoms with E-state index in [1.165, 1.54) is 6.07 Å². The standard InChI is InChI=1S/C17H20FN3O/c1-12(22)20-9-3-7-16(20)17-8-4-10-21(17)15-6-2-5-14(18)13(15)11-19/h2,5-6,16-17H,3-4,7-10H2,1H3/t16-,17-/m1/s1. The number of rotatable bonds is 2. The molecule has 2 saturated heterocycles. The Labute approximate surface area is 130 Å². The second kappa shape index (κ2) is 5.96. The van der Waals surface area contributed by atoms with Crippen LogP contribution < -0.4 is 4.90 Å². The van der Waals surface area contributed by atoms with Crippen molar-refractivity contribution in [3.05, 3.63) is 29.6 Å². The maximum absolute atomic E-state index is 13.9. The summed E-state index contributed by atoms with van der Waals surface area (Å²) in [7, 11) is 0. The van der Waals surface area contributed by atoms with Gasteiger partial charge in [0.25, 0.3) is 0 Å². The van der Waals surface area contributed by atoms with Gasteiger partial charge in [0.05, 0.1) is 11.7 Å². The van der Waals surface area contributed by atoms with Crippen LogP contribution in [-0.4, -0.2) is 36.0 Å². The molecular formula is C17H20FN3O. The lowest BCUT2D eigenvalue weighted by molar-refractivity contribution is -0.129. The Hall–Kier alpha value is -2.09. The predicted octanol–water partition coefficient (Wildman–Crippen LogP) is 2.68. The zero-order valence-electron chi connectivity index (χ0n) is 12.8. The van der Waals surface area contributed by atoms with E-state index in [4.69, 9.17) is 0 Å². The van der Waals surface area contributed by atoms with E-state index in [1.54, 1.807) is 13.0 Å². The summed E-state index contributed by atoms with van der Waals surface area (Å²) in [5, 5.41) is 9.27. The number of nitrogens with zero attached hydrogens (tertiary/aromatic N) is 3. The molecule has 2 fully saturated rings. The summed E-state index contributed by atoms with van der Waals surface area (Å²) in [6.45, 7) is 3.23. The number of nitriles is 1. The van der Waals surface area contributed by atoms with Crippen LogP contribution in [0.3, 0.4) is 0 Å². The fraction of sp³-hybridized carbons (Fsp3) is 0.529. The highest BCUT2D eigenvalue weighted by molar-refractivity contribution is 5.74. The van der Waals surface area contributed by atoms with Gasteiger partial charge >= 0.3 is 0 Å². The Kier molecular flexibility index (Phi) is 4.02. The van der Waals surface area contributed by atoms with Crippen LogP contribution in [0.25, 0.3) is 0 Å². The maximum atomic E-state index is 13.9. The summed E-state index contributed by atoms with van der Waals surface area (Å²) in [5.74, 6) is -0.366. The molecule has 0 spiro atoms. The number of hydrogen-bond donors (Lipinski definition) is 0. The zero-order chi connectivity index (χ0) is 15.7. The number of benzene rings is 1. The van der Waals surface area contributed by atoms with Crippen LogP contribution in [0.4, 0.5) is 10.1 Å². The van der Waals surface area contributed by atoms with Crippen LogP contribution in [0, 0.1) is 17.1 Å². The van der Waals surface area contributed by atoms with Gasteiger partial charge in [-0.05, 0) is 37.8 Å². The van der Waals surface area contributed by atoms with Gasteiger partial charge < -0.3 is 9.80 Å². The van der Waals surface area contributed by atoms with Crippen molar-refractivity contribution in [1.29, 1.82) is 5.26 Å². The molecule has 5 heteroatoms. The molecule has 0 aliphatic carbocycles. The average molecular weight is 301 g/mol. The summed E-state index contributed by atoms with van der Waals surface area (Å²) >= 11 is 0. The van der Waals surface area contributed by atoms with Crippen LogP contribution in [0.1, 0.15) is 38.2 Å². The van der Waals surface area contributed by atoms with Crippen LogP contribution in [-0.2, 0) is 4.79 Å². The van der Waals surface area contributed by atoms with Gasteiger partial charge in [0.15, 0.2) is 0 Å². The number of anilines is 1. The number of carbonyl (C=O) groups is 1. The Morgan fingerprint density at radius 3 is 2.73 bits per heavy atom. The zero-order valence-corrected chi connectivity index (χ0v) is 12.8. The molecule has 0 unspecified atom stereocenters. The Bertz CT molecular complexity index is 625. The lowest BCUT2D eigenvalue weighted by Gasteiger charge is -2.36. The number of hydrogen-bond acceptors (Lipinski definition) is 3. The first-order valence-electron chi connectivity index (χ1n) is 7.86. The molecule has 2 heterocycles. The van der Waals surface area contributed by atoms with Crippen LogP contribution in [0.5, 0.6) is 0 Å². The van der Waals surface area contributed by atoms with Crippen molar-refractivity contribution in [2.45, 2.75) is 44.7 Å². The number of likely N-dealkylation sites (tertiary alicyclic amines) is 1. The van der Waals surface area contributed by atoms with E-state index < -0.39 is 5.82 Å². The second-order valence-corrected chi connectivity index (χ2v) is 6.07. The van der Waals surface area contributed by atoms with Crippen LogP contribution in [0.2, 0.25) is 0 Å². The lowest BCUT2D eigenvalue weighted by Crippen LogP contribution is -2.48. The Morgan fingerprint density at radius 1 is 1.27 bits per heavy atom. The molecule has 4 nitrogen and oxygen atoms in total. The van der Waals surface area contributed by atoms with Crippen molar-refractivity contribution in [2.75, 3.05) is 18.0 Å². The van der Waals surface area contributed by atoms with E-state index in [2.05, 4.69) is 4.90 Å². The molecule has 0 bridgehead atoms. The molecule has 0 saturated carbocycles. The number of amides is 1. The quantitative estimate of drug-likeness (QED) is 0.844. The van der Waals surface area contributed by atoms with Crippen molar-refractivity contribution in [2.24, 2.45) is 0 Å². The molecule has 22 heavy (non-hydrogen) atoms. The van der Waals surface area contributed by atoms with E-state index >= 15 is 0 Å². The monoisotopic (exact) mass is 301 g/mol. The molecule has 3 rings (SSSR count). The van der Waals surface area contributed by atoms with E-state index in [0.29, 0.717) is 5.69 Å². The smallest absolute Gasteiger partial charge is 0.219 e. The number of halogens is 1. The molecule has 1 aromatic carbocycles. The van der Waals surface area contributed by atoms with E-state index in [9.17, 15) is 14.4 Å². The van der Waals surface area contributed by atoms with Crippen molar-refractivity contribution in [1.82, 2.24) is 4.90 Å². The third kappa shape index (κ3) is 2.43. The minimum Gasteiger partial charge on any atom is -0.365 e. The second-order valence-electron chi connectivity index (χ2n) is 6.07. The van der Waals surface area contributed by atoms with Gasteiger partial charge in [-0.2, -0.15) is 5.26 Å². The highest BCUT2D eigenvalue weighted by atomic mass is 19.1. The summed E-state index contributed by atoms with van der Waals surface area (Å²) in [5.41, 5.74) is 0.780. The summed E-state index contributed by atoms with van der Waals surface area (Å²) in [6, 6.07) is 7.13. The third-order valence-corrected chi connectivity index (χ3v) is 4.86. The first kappa shape index (κ1) is 14.8. The van der Waals surface area contributed by atoms with Gasteiger partial charge in [-0.3, -0.25) is 4.79 Å². The first-order chi connectivity index (χ1) is 10.6. The minimum atomic E-state index is -0.472. The van der Waals surface area contributed by atoms with E-state index in [-0.39, 0.29) is 23.6 Å². The van der Waals surface area contributed by atoms with E-state index in [1.807, 2.05) is 17.0 Å². The summed E-state index contributed by atoms with van der Waals surface area (Å²) in [6.07, 6.45) is 3.99. The van der Waals surface area contributed by atoms with Crippen molar-refractivity contribution in [3.8, 4) is 6.07 Å². The molecule has 116 valence electrons. The van der Waals surface area contributed by atoms with Gasteiger partial charge in [0.1, 0.15) is 17.4 Å². The van der Waals surface area contributed by atoms with Gasteiger partial charge in [0.2, 0.25) is 5.91 Å². The molecule has 0 aromatic heterocycles. The molecule has 2 aliphatic heterocycles. The topological polar surface area (TPSA) is 47.3 Å². The SMILES string of the molecule is CC(=O)N1CCC[C@@H]1[C@H]1CCCN1c1cccc(F)c1C#N. The predicted molar refractivity (Wildman–Crippen MR) is 81.9 cm³/mol. The van der Waals surface area contributed by atoms with Gasteiger partial charge in [0, 0.05) is 26.1 Å². The molecule has 0 N–H and O–H groups in total. The van der Waals surface area contributed by atoms with Gasteiger partial charge in [-0.25, -0.2) is 4.39 Å². The first-order valence-corrected chi connectivity index (χ1v) is 7.86. The number of carbonyl (C=O) groups excluding carboxylic acids is 1. The van der Waals surface area contributed by atoms with Crippen molar-refractivity contribution in [3.63, 3.8) is 0 Å². The Morgan fingerprint density at radius 2 is 2.00 bits per heavy atom. The minimum absolute atomic E-state index is 0.106. The fourth-order valence-corrected chi connectivity index (χ4v) is 3.94. The average Bonchev–Trinajstić information content (AvgIpc) is 3.15. The van der Waals surface area contributed by atoms with Gasteiger partial charge in [-0.1, -0.05) is 6.07 Å². The normalized spacial score (nSPS) is 24.6. The molecule has 2 atom stereocenters. The largest absolute Gasteiger partial charge is 0.365 e. The van der Waals surface area contributed by atoms with E-state index in [0.717, 1.165) is 38.8 Å². The highest BCUT2D eigenvalue weighted by Crippen LogP contribution is 2.35.